The molecule has 3 fully saturated rings. The molecule has 8 N–H and O–H groups in total. The molecule has 4 atom stereocenters. The van der Waals surface area contributed by atoms with Crippen LogP contribution in [0.15, 0.2) is 64.1 Å². The fourth-order valence-electron chi connectivity index (χ4n) is 10.3. The number of nitrogens with two attached hydrogens (primary N) is 2. The van der Waals surface area contributed by atoms with Crippen LogP contribution in [-0.4, -0.2) is 141 Å². The molecule has 420 valence electrons. The summed E-state index contributed by atoms with van der Waals surface area (Å²) in [6.07, 6.45) is 12.9. The van der Waals surface area contributed by atoms with Crippen LogP contribution < -0.4 is 32.3 Å². The number of piperazine rings is 1. The first kappa shape index (κ1) is 59.8. The first-order valence-corrected chi connectivity index (χ1v) is 29.8. The van der Waals surface area contributed by atoms with E-state index in [1.54, 1.807) is 23.6 Å². The smallest absolute Gasteiger partial charge is 0.246 e. The molecule has 4 amide bonds. The van der Waals surface area contributed by atoms with Gasteiger partial charge in [-0.2, -0.15) is 0 Å². The van der Waals surface area contributed by atoms with E-state index in [1.807, 2.05) is 76.5 Å². The predicted octanol–water partition coefficient (Wildman–Crippen LogP) is 8.44. The van der Waals surface area contributed by atoms with E-state index in [2.05, 4.69) is 52.5 Å². The molecule has 0 bridgehead atoms. The third-order valence-corrected chi connectivity index (χ3v) is 17.8. The molecular formula is C57H83ClN12O5S2. The first-order valence-electron chi connectivity index (χ1n) is 27.7. The van der Waals surface area contributed by atoms with Crippen LogP contribution >= 0.6 is 34.7 Å². The van der Waals surface area contributed by atoms with Crippen molar-refractivity contribution in [3.05, 3.63) is 70.5 Å². The quantitative estimate of drug-likeness (QED) is 0.0362. The maximum absolute atomic E-state index is 14.1. The number of aryl methyl sites for hydroxylation is 1. The van der Waals surface area contributed by atoms with Gasteiger partial charge >= 0.3 is 0 Å². The molecule has 0 saturated carbocycles. The monoisotopic (exact) mass is 1110 g/mol. The number of anilines is 3. The average Bonchev–Trinajstić information content (AvgIpc) is 4.01. The lowest BCUT2D eigenvalue weighted by Crippen LogP contribution is -2.57. The van der Waals surface area contributed by atoms with Crippen molar-refractivity contribution in [2.75, 3.05) is 74.9 Å². The van der Waals surface area contributed by atoms with E-state index in [-0.39, 0.29) is 48.2 Å². The number of carbonyl (C=O) groups excluding carboxylic acids is 4. The van der Waals surface area contributed by atoms with E-state index in [9.17, 15) is 24.3 Å². The number of aromatic nitrogens is 3. The summed E-state index contributed by atoms with van der Waals surface area (Å²) < 4.78 is 0. The largest absolute Gasteiger partial charge is 0.391 e. The number of halogens is 1. The van der Waals surface area contributed by atoms with Gasteiger partial charge < -0.3 is 47.2 Å². The van der Waals surface area contributed by atoms with Gasteiger partial charge in [0.1, 0.15) is 22.9 Å². The van der Waals surface area contributed by atoms with Gasteiger partial charge in [0.05, 0.1) is 51.7 Å². The Morgan fingerprint density at radius 3 is 2.17 bits per heavy atom. The summed E-state index contributed by atoms with van der Waals surface area (Å²) in [6, 6.07) is 11.6. The van der Waals surface area contributed by atoms with Crippen molar-refractivity contribution < 1.29 is 24.3 Å². The lowest BCUT2D eigenvalue weighted by atomic mass is 9.85. The molecule has 4 unspecified atom stereocenters. The summed E-state index contributed by atoms with van der Waals surface area (Å²) in [7, 11) is 0. The van der Waals surface area contributed by atoms with Gasteiger partial charge in [-0.15, -0.1) is 11.3 Å². The summed E-state index contributed by atoms with van der Waals surface area (Å²) >= 11 is 9.72. The van der Waals surface area contributed by atoms with Crippen molar-refractivity contribution in [2.45, 2.75) is 165 Å². The standard InChI is InChI=1S/C57H83ClN12O5S2/c1-38(40-20-22-41(23-21-40)50-39(2)62-37-76-50)63-53(74)44-33-42(71)35-70(44)55(75)51(56(3,4)5)66-47(72)19-14-12-10-8-7-9-11-13-15-26-67-29-31-68(32-30-67)36-48(73)64-43-17-16-18-45(49(43)58)77-54-52(59)65-46(34-61-54)69-27-24-57(6,60)25-28-69/h16-18,20-23,34,37-38,42,44,51,71H,7-15,19,24-33,35-36,60H2,1-6H3,(H2,59,65)(H,63,74)(H,64,73)(H,66,72). The molecule has 0 spiro atoms. The number of benzene rings is 2. The second-order valence-corrected chi connectivity index (χ2v) is 25.0. The number of nitrogens with one attached hydrogen (secondary N) is 3. The molecule has 3 saturated heterocycles. The van der Waals surface area contributed by atoms with Gasteiger partial charge in [0.15, 0.2) is 5.82 Å². The lowest BCUT2D eigenvalue weighted by molar-refractivity contribution is -0.144. The van der Waals surface area contributed by atoms with Crippen LogP contribution in [0, 0.1) is 12.3 Å². The minimum absolute atomic E-state index is 0.0357. The molecule has 0 radical (unpaired) electrons. The van der Waals surface area contributed by atoms with E-state index >= 15 is 0 Å². The molecule has 77 heavy (non-hydrogen) atoms. The van der Waals surface area contributed by atoms with E-state index in [0.29, 0.717) is 34.5 Å². The van der Waals surface area contributed by atoms with Crippen molar-refractivity contribution in [2.24, 2.45) is 11.1 Å². The summed E-state index contributed by atoms with van der Waals surface area (Å²) in [5.74, 6) is 0.115. The minimum atomic E-state index is -0.844. The SMILES string of the molecule is Cc1ncsc1-c1ccc(C(C)NC(=O)C2CC(O)CN2C(=O)C(NC(=O)CCCCCCCCCCCN2CCN(CC(=O)Nc3cccc(Sc4ncc(N5CCC(C)(N)CC5)nc4N)c3Cl)CC2)C(C)(C)C)cc1. The maximum atomic E-state index is 14.1. The molecule has 7 rings (SSSR count). The fourth-order valence-corrected chi connectivity index (χ4v) is 12.2. The van der Waals surface area contributed by atoms with Crippen LogP contribution in [0.25, 0.3) is 10.4 Å². The molecule has 2 aromatic carbocycles. The number of β-amino-alcohol motifs (C(OH)–C–C–N with tert-alkyl or cyclic N) is 1. The number of carbonyl (C=O) groups is 4. The van der Waals surface area contributed by atoms with Crippen molar-refractivity contribution >= 4 is 75.7 Å². The number of aliphatic hydroxyl groups is 1. The van der Waals surface area contributed by atoms with Gasteiger partial charge in [0.2, 0.25) is 23.6 Å². The Morgan fingerprint density at radius 1 is 0.883 bits per heavy atom. The van der Waals surface area contributed by atoms with Gasteiger partial charge in [-0.3, -0.25) is 24.1 Å². The van der Waals surface area contributed by atoms with E-state index in [1.165, 1.54) is 42.3 Å². The number of thiazole rings is 1. The zero-order chi connectivity index (χ0) is 55.3. The molecule has 4 aromatic rings. The first-order chi connectivity index (χ1) is 36.7. The van der Waals surface area contributed by atoms with E-state index in [4.69, 9.17) is 23.1 Å². The van der Waals surface area contributed by atoms with Crippen LogP contribution in [0.3, 0.4) is 0 Å². The number of hydrogen-bond acceptors (Lipinski definition) is 15. The minimum Gasteiger partial charge on any atom is -0.391 e. The molecular weight excluding hydrogens is 1030 g/mol. The number of likely N-dealkylation sites (tertiary alicyclic amines) is 1. The number of unbranched alkanes of at least 4 members (excludes halogenated alkanes) is 8. The van der Waals surface area contributed by atoms with Crippen LogP contribution in [-0.2, 0) is 19.2 Å². The summed E-state index contributed by atoms with van der Waals surface area (Å²) in [4.78, 5) is 77.9. The topological polar surface area (TPSA) is 228 Å². The zero-order valence-corrected chi connectivity index (χ0v) is 48.5. The van der Waals surface area contributed by atoms with Crippen LogP contribution in [0.2, 0.25) is 5.02 Å². The number of aliphatic hydroxyl groups excluding tert-OH is 1. The highest BCUT2D eigenvalue weighted by Gasteiger charge is 2.45. The normalized spacial score (nSPS) is 19.0. The summed E-state index contributed by atoms with van der Waals surface area (Å²) in [5, 5.41) is 20.7. The Balaban J connectivity index is 0.721. The molecule has 3 aliphatic rings. The summed E-state index contributed by atoms with van der Waals surface area (Å²) in [6.45, 7) is 18.2. The highest BCUT2D eigenvalue weighted by atomic mass is 35.5. The van der Waals surface area contributed by atoms with Crippen LogP contribution in [0.4, 0.5) is 17.3 Å². The molecule has 5 heterocycles. The third-order valence-electron chi connectivity index (χ3n) is 15.2. The second-order valence-electron chi connectivity index (χ2n) is 22.8. The fraction of sp³-hybridized carbons (Fsp3) is 0.596. The van der Waals surface area contributed by atoms with Gasteiger partial charge in [0.25, 0.3) is 0 Å². The highest BCUT2D eigenvalue weighted by Crippen LogP contribution is 2.39. The van der Waals surface area contributed by atoms with Gasteiger partial charge in [0, 0.05) is 69.1 Å². The molecule has 17 nitrogen and oxygen atoms in total. The van der Waals surface area contributed by atoms with Crippen molar-refractivity contribution in [3.63, 3.8) is 0 Å². The Kier molecular flexibility index (Phi) is 21.6. The Labute approximate surface area is 469 Å². The van der Waals surface area contributed by atoms with Crippen LogP contribution in [0.5, 0.6) is 0 Å². The average molecular weight is 1120 g/mol. The highest BCUT2D eigenvalue weighted by molar-refractivity contribution is 7.99. The van der Waals surface area contributed by atoms with Crippen LogP contribution in [0.1, 0.15) is 135 Å². The van der Waals surface area contributed by atoms with Gasteiger partial charge in [-0.1, -0.05) is 119 Å². The number of hydrogen-bond donors (Lipinski definition) is 6. The third kappa shape index (κ3) is 17.3. The molecule has 0 aliphatic carbocycles. The Hall–Kier alpha value is -4.89. The Morgan fingerprint density at radius 2 is 1.53 bits per heavy atom. The van der Waals surface area contributed by atoms with Crippen molar-refractivity contribution in [3.8, 4) is 10.4 Å². The van der Waals surface area contributed by atoms with E-state index < -0.39 is 23.6 Å². The number of amides is 4. The van der Waals surface area contributed by atoms with E-state index in [0.717, 1.165) is 123 Å². The van der Waals surface area contributed by atoms with Gasteiger partial charge in [-0.05, 0) is 81.7 Å². The lowest BCUT2D eigenvalue weighted by Gasteiger charge is -2.37. The maximum Gasteiger partial charge on any atom is 0.246 e. The number of piperidine rings is 1. The zero-order valence-electron chi connectivity index (χ0n) is 46.1. The Bertz CT molecular complexity index is 2600. The molecule has 3 aliphatic heterocycles. The predicted molar refractivity (Wildman–Crippen MR) is 310 cm³/mol. The number of rotatable bonds is 24. The molecule has 20 heteroatoms. The number of nitrogen functional groups attached to an aromatic ring is 1. The number of nitrogens with zero attached hydrogens (tertiary/aromatic N) is 7. The van der Waals surface area contributed by atoms with Crippen molar-refractivity contribution in [1.29, 1.82) is 0 Å². The second kappa shape index (κ2) is 27.8. The van der Waals surface area contributed by atoms with Gasteiger partial charge in [-0.25, -0.2) is 15.0 Å². The summed E-state index contributed by atoms with van der Waals surface area (Å²) in [5.41, 5.74) is 17.2. The van der Waals surface area contributed by atoms with Crippen molar-refractivity contribution in [1.82, 2.24) is 40.3 Å². The molecule has 2 aromatic heterocycles.